The van der Waals surface area contributed by atoms with Crippen LogP contribution in [0.15, 0.2) is 18.2 Å². The number of benzene rings is 1. The molecule has 0 aromatic heterocycles. The van der Waals surface area contributed by atoms with Crippen LogP contribution in [0.5, 0.6) is 0 Å². The Bertz CT molecular complexity index is 476. The molecule has 2 unspecified atom stereocenters. The maximum Gasteiger partial charge on any atom is 0.416 e. The van der Waals surface area contributed by atoms with Gasteiger partial charge in [0.05, 0.1) is 16.3 Å². The molecule has 1 aliphatic heterocycles. The molecule has 2 atom stereocenters. The van der Waals surface area contributed by atoms with E-state index >= 15 is 0 Å². The first-order valence-corrected chi connectivity index (χ1v) is 7.07. The zero-order valence-electron chi connectivity index (χ0n) is 11.5. The smallest absolute Gasteiger partial charge is 0.365 e. The van der Waals surface area contributed by atoms with Crippen molar-refractivity contribution in [3.63, 3.8) is 0 Å². The summed E-state index contributed by atoms with van der Waals surface area (Å²) in [5, 5.41) is 3.56. The maximum absolute atomic E-state index is 12.7. The molecule has 20 heavy (non-hydrogen) atoms. The fraction of sp³-hybridized carbons (Fsp3) is 0.571. The van der Waals surface area contributed by atoms with Crippen molar-refractivity contribution in [1.82, 2.24) is 5.32 Å². The van der Waals surface area contributed by atoms with Crippen molar-refractivity contribution in [1.29, 1.82) is 0 Å². The monoisotopic (exact) mass is 306 g/mol. The number of piperazine rings is 1. The van der Waals surface area contributed by atoms with Crippen molar-refractivity contribution in [2.45, 2.75) is 38.5 Å². The van der Waals surface area contributed by atoms with Gasteiger partial charge in [-0.3, -0.25) is 0 Å². The van der Waals surface area contributed by atoms with Gasteiger partial charge in [-0.25, -0.2) is 0 Å². The molecule has 2 rings (SSSR count). The summed E-state index contributed by atoms with van der Waals surface area (Å²) in [6, 6.07) is 4.11. The highest BCUT2D eigenvalue weighted by atomic mass is 35.5. The lowest BCUT2D eigenvalue weighted by Crippen LogP contribution is -2.55. The van der Waals surface area contributed by atoms with Gasteiger partial charge in [-0.15, -0.1) is 0 Å². The molecule has 1 aromatic rings. The molecule has 0 aliphatic carbocycles. The Labute approximate surface area is 121 Å². The average Bonchev–Trinajstić information content (AvgIpc) is 2.38. The van der Waals surface area contributed by atoms with Crippen molar-refractivity contribution in [2.75, 3.05) is 18.0 Å². The largest absolute Gasteiger partial charge is 0.416 e. The van der Waals surface area contributed by atoms with E-state index in [0.29, 0.717) is 11.7 Å². The molecule has 1 heterocycles. The van der Waals surface area contributed by atoms with Crippen LogP contribution in [0.2, 0.25) is 5.02 Å². The van der Waals surface area contributed by atoms with Crippen LogP contribution in [-0.4, -0.2) is 25.2 Å². The molecule has 2 nitrogen and oxygen atoms in total. The van der Waals surface area contributed by atoms with Gasteiger partial charge in [0.1, 0.15) is 0 Å². The number of hydrogen-bond donors (Lipinski definition) is 1. The third-order valence-electron chi connectivity index (χ3n) is 3.73. The number of hydrogen-bond acceptors (Lipinski definition) is 2. The molecule has 0 spiro atoms. The highest BCUT2D eigenvalue weighted by Gasteiger charge is 2.32. The SMILES string of the molecule is CCC1CN(c2ccc(C(F)(F)F)cc2Cl)C(C)CN1. The van der Waals surface area contributed by atoms with Crippen LogP contribution in [-0.2, 0) is 6.18 Å². The Kier molecular flexibility index (Phi) is 4.49. The van der Waals surface area contributed by atoms with E-state index in [1.54, 1.807) is 0 Å². The predicted molar refractivity (Wildman–Crippen MR) is 75.3 cm³/mol. The Morgan fingerprint density at radius 1 is 1.40 bits per heavy atom. The van der Waals surface area contributed by atoms with E-state index in [1.165, 1.54) is 6.07 Å². The van der Waals surface area contributed by atoms with Crippen LogP contribution >= 0.6 is 11.6 Å². The third kappa shape index (κ3) is 3.20. The van der Waals surface area contributed by atoms with Gasteiger partial charge >= 0.3 is 6.18 Å². The van der Waals surface area contributed by atoms with Gasteiger partial charge in [0, 0.05) is 25.2 Å². The third-order valence-corrected chi connectivity index (χ3v) is 4.03. The van der Waals surface area contributed by atoms with Gasteiger partial charge in [-0.1, -0.05) is 18.5 Å². The van der Waals surface area contributed by atoms with Gasteiger partial charge in [0.2, 0.25) is 0 Å². The number of halogens is 4. The summed E-state index contributed by atoms with van der Waals surface area (Å²) in [6.07, 6.45) is -3.38. The van der Waals surface area contributed by atoms with Gasteiger partial charge in [0.15, 0.2) is 0 Å². The molecule has 0 bridgehead atoms. The van der Waals surface area contributed by atoms with Crippen molar-refractivity contribution >= 4 is 17.3 Å². The highest BCUT2D eigenvalue weighted by molar-refractivity contribution is 6.33. The maximum atomic E-state index is 12.7. The fourth-order valence-electron chi connectivity index (χ4n) is 2.45. The molecule has 1 aromatic carbocycles. The molecule has 0 radical (unpaired) electrons. The Morgan fingerprint density at radius 3 is 2.65 bits per heavy atom. The van der Waals surface area contributed by atoms with Crippen LogP contribution in [0, 0.1) is 0 Å². The average molecular weight is 307 g/mol. The van der Waals surface area contributed by atoms with Crippen LogP contribution in [0.1, 0.15) is 25.8 Å². The first-order chi connectivity index (χ1) is 9.32. The van der Waals surface area contributed by atoms with E-state index in [2.05, 4.69) is 17.1 Å². The lowest BCUT2D eigenvalue weighted by Gasteiger charge is -2.40. The number of alkyl halides is 3. The zero-order chi connectivity index (χ0) is 14.9. The van der Waals surface area contributed by atoms with Gasteiger partial charge in [-0.05, 0) is 31.5 Å². The van der Waals surface area contributed by atoms with Crippen molar-refractivity contribution in [2.24, 2.45) is 0 Å². The van der Waals surface area contributed by atoms with E-state index in [1.807, 2.05) is 6.92 Å². The zero-order valence-corrected chi connectivity index (χ0v) is 12.2. The molecular formula is C14H18ClF3N2. The summed E-state index contributed by atoms with van der Waals surface area (Å²) in [5.41, 5.74) is -0.0341. The first kappa shape index (κ1) is 15.4. The van der Waals surface area contributed by atoms with E-state index in [0.717, 1.165) is 31.6 Å². The number of nitrogens with one attached hydrogen (secondary N) is 1. The van der Waals surface area contributed by atoms with Crippen LogP contribution in [0.3, 0.4) is 0 Å². The van der Waals surface area contributed by atoms with Crippen molar-refractivity contribution in [3.8, 4) is 0 Å². The second-order valence-electron chi connectivity index (χ2n) is 5.18. The molecule has 1 fully saturated rings. The minimum atomic E-state index is -4.36. The fourth-order valence-corrected chi connectivity index (χ4v) is 2.74. The molecule has 1 N–H and O–H groups in total. The minimum absolute atomic E-state index is 0.156. The predicted octanol–water partition coefficient (Wildman–Crippen LogP) is 3.94. The normalized spacial score (nSPS) is 24.0. The quantitative estimate of drug-likeness (QED) is 0.890. The van der Waals surface area contributed by atoms with E-state index in [4.69, 9.17) is 11.6 Å². The molecule has 1 aliphatic rings. The van der Waals surface area contributed by atoms with Crippen LogP contribution in [0.4, 0.5) is 18.9 Å². The van der Waals surface area contributed by atoms with Gasteiger partial charge in [-0.2, -0.15) is 13.2 Å². The number of nitrogens with zero attached hydrogens (tertiary/aromatic N) is 1. The summed E-state index contributed by atoms with van der Waals surface area (Å²) in [5.74, 6) is 0. The lowest BCUT2D eigenvalue weighted by molar-refractivity contribution is -0.137. The summed E-state index contributed by atoms with van der Waals surface area (Å²) in [6.45, 7) is 5.67. The van der Waals surface area contributed by atoms with Crippen molar-refractivity contribution < 1.29 is 13.2 Å². The Hall–Kier alpha value is -0.940. The minimum Gasteiger partial charge on any atom is -0.365 e. The van der Waals surface area contributed by atoms with E-state index < -0.39 is 11.7 Å². The molecular weight excluding hydrogens is 289 g/mol. The van der Waals surface area contributed by atoms with Crippen LogP contribution < -0.4 is 10.2 Å². The summed E-state index contributed by atoms with van der Waals surface area (Å²) < 4.78 is 38.0. The van der Waals surface area contributed by atoms with E-state index in [-0.39, 0.29) is 11.1 Å². The van der Waals surface area contributed by atoms with Crippen molar-refractivity contribution in [3.05, 3.63) is 28.8 Å². The Morgan fingerprint density at radius 2 is 2.10 bits per heavy atom. The van der Waals surface area contributed by atoms with Crippen LogP contribution in [0.25, 0.3) is 0 Å². The highest BCUT2D eigenvalue weighted by Crippen LogP contribution is 2.36. The first-order valence-electron chi connectivity index (χ1n) is 6.69. The number of anilines is 1. The summed E-state index contributed by atoms with van der Waals surface area (Å²) in [7, 11) is 0. The lowest BCUT2D eigenvalue weighted by atomic mass is 10.1. The number of rotatable bonds is 2. The summed E-state index contributed by atoms with van der Waals surface area (Å²) >= 11 is 6.06. The molecule has 0 amide bonds. The van der Waals surface area contributed by atoms with E-state index in [9.17, 15) is 13.2 Å². The standard InChI is InChI=1S/C14H18ClF3N2/c1-3-11-8-20(9(2)7-19-11)13-5-4-10(6-12(13)15)14(16,17)18/h4-6,9,11,19H,3,7-8H2,1-2H3. The summed E-state index contributed by atoms with van der Waals surface area (Å²) in [4.78, 5) is 2.08. The topological polar surface area (TPSA) is 15.3 Å². The molecule has 1 saturated heterocycles. The molecule has 6 heteroatoms. The van der Waals surface area contributed by atoms with Gasteiger partial charge in [0.25, 0.3) is 0 Å². The second-order valence-corrected chi connectivity index (χ2v) is 5.59. The second kappa shape index (κ2) is 5.82. The molecule has 112 valence electrons. The molecule has 0 saturated carbocycles. The van der Waals surface area contributed by atoms with Gasteiger partial charge < -0.3 is 10.2 Å². The Balaban J connectivity index is 2.28.